The quantitative estimate of drug-likeness (QED) is 0.327. The van der Waals surface area contributed by atoms with Crippen LogP contribution in [0.25, 0.3) is 0 Å². The summed E-state index contributed by atoms with van der Waals surface area (Å²) in [6.07, 6.45) is 1.26. The van der Waals surface area contributed by atoms with Crippen LogP contribution in [0.2, 0.25) is 0 Å². The van der Waals surface area contributed by atoms with Gasteiger partial charge in [-0.05, 0) is 31.0 Å². The summed E-state index contributed by atoms with van der Waals surface area (Å²) in [6, 6.07) is 3.52. The highest BCUT2D eigenvalue weighted by atomic mass is 32.2. The summed E-state index contributed by atoms with van der Waals surface area (Å²) in [5.41, 5.74) is 5.31. The largest absolute Gasteiger partial charge is 0.409 e. The van der Waals surface area contributed by atoms with E-state index in [0.717, 1.165) is 6.07 Å². The Balaban J connectivity index is 2.30. The van der Waals surface area contributed by atoms with Crippen molar-refractivity contribution in [2.75, 3.05) is 4.72 Å². The number of hydrogen-bond donors (Lipinski definition) is 3. The van der Waals surface area contributed by atoms with Crippen molar-refractivity contribution in [2.45, 2.75) is 18.1 Å². The van der Waals surface area contributed by atoms with Crippen LogP contribution in [0.5, 0.6) is 0 Å². The molecule has 0 aromatic heterocycles. The summed E-state index contributed by atoms with van der Waals surface area (Å²) >= 11 is 0. The second kappa shape index (κ2) is 4.45. The zero-order valence-electron chi connectivity index (χ0n) is 9.30. The first-order valence-corrected chi connectivity index (χ1v) is 6.78. The summed E-state index contributed by atoms with van der Waals surface area (Å²) < 4.78 is 39.1. The van der Waals surface area contributed by atoms with E-state index in [2.05, 4.69) is 9.88 Å². The van der Waals surface area contributed by atoms with Gasteiger partial charge in [-0.25, -0.2) is 12.8 Å². The van der Waals surface area contributed by atoms with Crippen LogP contribution in [0, 0.1) is 5.82 Å². The van der Waals surface area contributed by atoms with E-state index >= 15 is 0 Å². The zero-order valence-corrected chi connectivity index (χ0v) is 10.1. The number of nitrogens with zero attached hydrogens (tertiary/aromatic N) is 1. The van der Waals surface area contributed by atoms with Crippen molar-refractivity contribution < 1.29 is 18.0 Å². The van der Waals surface area contributed by atoms with Gasteiger partial charge in [0.25, 0.3) is 0 Å². The number of rotatable bonds is 4. The second-order valence-corrected chi connectivity index (χ2v) is 5.99. The maximum absolute atomic E-state index is 13.4. The Morgan fingerprint density at radius 2 is 2.17 bits per heavy atom. The van der Waals surface area contributed by atoms with Gasteiger partial charge in [0.15, 0.2) is 5.84 Å². The average molecular weight is 273 g/mol. The number of sulfonamides is 1. The molecule has 1 aromatic carbocycles. The predicted octanol–water partition coefficient (Wildman–Crippen LogP) is 0.824. The van der Waals surface area contributed by atoms with Crippen molar-refractivity contribution >= 4 is 21.5 Å². The molecule has 0 amide bonds. The Labute approximate surface area is 103 Å². The summed E-state index contributed by atoms with van der Waals surface area (Å²) in [4.78, 5) is 0. The summed E-state index contributed by atoms with van der Waals surface area (Å²) in [6.45, 7) is 0. The zero-order chi connectivity index (χ0) is 13.3. The van der Waals surface area contributed by atoms with Crippen LogP contribution in [0.15, 0.2) is 23.4 Å². The molecule has 4 N–H and O–H groups in total. The molecule has 0 radical (unpaired) electrons. The maximum Gasteiger partial charge on any atom is 0.235 e. The van der Waals surface area contributed by atoms with E-state index in [1.165, 1.54) is 12.1 Å². The molecule has 18 heavy (non-hydrogen) atoms. The third-order valence-corrected chi connectivity index (χ3v) is 4.44. The van der Waals surface area contributed by atoms with Crippen molar-refractivity contribution in [3.8, 4) is 0 Å². The van der Waals surface area contributed by atoms with E-state index in [4.69, 9.17) is 10.9 Å². The van der Waals surface area contributed by atoms with Gasteiger partial charge in [0.1, 0.15) is 5.82 Å². The molecular weight excluding hydrogens is 261 g/mol. The van der Waals surface area contributed by atoms with Crippen molar-refractivity contribution in [3.63, 3.8) is 0 Å². The number of nitrogens with one attached hydrogen (secondary N) is 1. The minimum atomic E-state index is -3.42. The molecule has 1 aromatic rings. The first-order chi connectivity index (χ1) is 8.44. The van der Waals surface area contributed by atoms with Crippen LogP contribution in [-0.2, 0) is 10.0 Å². The molecule has 8 heteroatoms. The Hall–Kier alpha value is -1.83. The number of nitrogens with two attached hydrogens (primary N) is 1. The van der Waals surface area contributed by atoms with Gasteiger partial charge in [-0.15, -0.1) is 0 Å². The monoisotopic (exact) mass is 273 g/mol. The van der Waals surface area contributed by atoms with E-state index in [1.807, 2.05) is 0 Å². The van der Waals surface area contributed by atoms with E-state index in [9.17, 15) is 12.8 Å². The highest BCUT2D eigenvalue weighted by Crippen LogP contribution is 2.30. The standard InChI is InChI=1S/C10H12FN3O3S/c11-9-4-1-6(5-8(9)10(12)13-15)14-18(16,17)7-2-3-7/h1,4-5,7,14-15H,2-3H2,(H2,12,13). The van der Waals surface area contributed by atoms with Gasteiger partial charge in [0.2, 0.25) is 10.0 Å². The van der Waals surface area contributed by atoms with Crippen LogP contribution in [0.3, 0.4) is 0 Å². The molecule has 0 atom stereocenters. The minimum Gasteiger partial charge on any atom is -0.409 e. The molecule has 0 spiro atoms. The van der Waals surface area contributed by atoms with Gasteiger partial charge < -0.3 is 10.9 Å². The molecule has 98 valence electrons. The van der Waals surface area contributed by atoms with Crippen molar-refractivity contribution in [2.24, 2.45) is 10.9 Å². The molecule has 0 saturated heterocycles. The van der Waals surface area contributed by atoms with Gasteiger partial charge in [-0.3, -0.25) is 4.72 Å². The third kappa shape index (κ3) is 2.53. The molecule has 1 fully saturated rings. The van der Waals surface area contributed by atoms with Crippen LogP contribution < -0.4 is 10.5 Å². The Bertz CT molecular complexity index is 596. The molecule has 0 aliphatic heterocycles. The van der Waals surface area contributed by atoms with Crippen LogP contribution in [0.1, 0.15) is 18.4 Å². The molecule has 0 heterocycles. The molecule has 1 aliphatic carbocycles. The first-order valence-electron chi connectivity index (χ1n) is 5.23. The average Bonchev–Trinajstić information content (AvgIpc) is 3.14. The smallest absolute Gasteiger partial charge is 0.235 e. The number of halogens is 1. The highest BCUT2D eigenvalue weighted by molar-refractivity contribution is 7.93. The van der Waals surface area contributed by atoms with Crippen LogP contribution >= 0.6 is 0 Å². The molecule has 0 bridgehead atoms. The van der Waals surface area contributed by atoms with E-state index in [-0.39, 0.29) is 16.5 Å². The summed E-state index contributed by atoms with van der Waals surface area (Å²) in [5.74, 6) is -1.11. The second-order valence-electron chi connectivity index (χ2n) is 4.03. The van der Waals surface area contributed by atoms with Crippen molar-refractivity contribution in [1.29, 1.82) is 0 Å². The molecule has 0 unspecified atom stereocenters. The van der Waals surface area contributed by atoms with Gasteiger partial charge in [0.05, 0.1) is 10.8 Å². The van der Waals surface area contributed by atoms with Gasteiger partial charge in [-0.1, -0.05) is 5.16 Å². The molecule has 2 rings (SSSR count). The summed E-state index contributed by atoms with van der Waals surface area (Å²) in [7, 11) is -3.42. The number of amidine groups is 1. The van der Waals surface area contributed by atoms with E-state index < -0.39 is 21.7 Å². The minimum absolute atomic E-state index is 0.159. The van der Waals surface area contributed by atoms with Gasteiger partial charge >= 0.3 is 0 Å². The number of anilines is 1. The topological polar surface area (TPSA) is 105 Å². The Kier molecular flexibility index (Phi) is 3.12. The lowest BCUT2D eigenvalue weighted by Gasteiger charge is -2.08. The van der Waals surface area contributed by atoms with Gasteiger partial charge in [-0.2, -0.15) is 0 Å². The lowest BCUT2D eigenvalue weighted by molar-refractivity contribution is 0.318. The van der Waals surface area contributed by atoms with Crippen molar-refractivity contribution in [1.82, 2.24) is 0 Å². The highest BCUT2D eigenvalue weighted by Gasteiger charge is 2.35. The van der Waals surface area contributed by atoms with Gasteiger partial charge in [0, 0.05) is 5.69 Å². The van der Waals surface area contributed by atoms with E-state index in [0.29, 0.717) is 12.8 Å². The normalized spacial score (nSPS) is 16.6. The summed E-state index contributed by atoms with van der Waals surface area (Å²) in [5, 5.41) is 10.8. The number of hydrogen-bond acceptors (Lipinski definition) is 4. The lowest BCUT2D eigenvalue weighted by atomic mass is 10.2. The van der Waals surface area contributed by atoms with Crippen LogP contribution in [-0.4, -0.2) is 24.7 Å². The van der Waals surface area contributed by atoms with E-state index in [1.54, 1.807) is 0 Å². The van der Waals surface area contributed by atoms with Crippen LogP contribution in [0.4, 0.5) is 10.1 Å². The fourth-order valence-electron chi connectivity index (χ4n) is 1.46. The Morgan fingerprint density at radius 1 is 1.50 bits per heavy atom. The molecule has 1 saturated carbocycles. The maximum atomic E-state index is 13.4. The lowest BCUT2D eigenvalue weighted by Crippen LogP contribution is -2.19. The third-order valence-electron chi connectivity index (χ3n) is 2.57. The van der Waals surface area contributed by atoms with Crippen molar-refractivity contribution in [3.05, 3.63) is 29.6 Å². The number of oxime groups is 1. The molecule has 1 aliphatic rings. The number of benzene rings is 1. The predicted molar refractivity (Wildman–Crippen MR) is 64.5 cm³/mol. The first kappa shape index (κ1) is 12.6. The fourth-order valence-corrected chi connectivity index (χ4v) is 2.84. The Morgan fingerprint density at radius 3 is 2.72 bits per heavy atom. The SMILES string of the molecule is NC(=NO)c1cc(NS(=O)(=O)C2CC2)ccc1F. The molecule has 6 nitrogen and oxygen atoms in total. The molecular formula is C10H12FN3O3S. The fraction of sp³-hybridized carbons (Fsp3) is 0.300.